The van der Waals surface area contributed by atoms with E-state index in [0.717, 1.165) is 32.0 Å². The molecule has 0 radical (unpaired) electrons. The van der Waals surface area contributed by atoms with Gasteiger partial charge in [-0.25, -0.2) is 0 Å². The number of hydrogen-bond acceptors (Lipinski definition) is 3. The molecule has 3 atom stereocenters. The van der Waals surface area contributed by atoms with E-state index in [1.165, 1.54) is 12.8 Å². The quantitative estimate of drug-likeness (QED) is 0.825. The third-order valence-corrected chi connectivity index (χ3v) is 6.79. The molecule has 96 valence electrons. The van der Waals surface area contributed by atoms with Crippen LogP contribution in [0.25, 0.3) is 0 Å². The molecule has 2 heterocycles. The molecule has 1 aliphatic heterocycles. The average Bonchev–Trinajstić information content (AvgIpc) is 2.69. The molecule has 0 aliphatic carbocycles. The fourth-order valence-electron chi connectivity index (χ4n) is 2.35. The largest absolute Gasteiger partial charge is 0.386 e. The highest BCUT2D eigenvalue weighted by Crippen LogP contribution is 2.38. The third-order valence-electron chi connectivity index (χ3n) is 3.46. The van der Waals surface area contributed by atoms with Gasteiger partial charge in [0, 0.05) is 15.4 Å². The number of halogens is 2. The molecule has 5 heteroatoms. The van der Waals surface area contributed by atoms with Crippen LogP contribution in [0.1, 0.15) is 37.2 Å². The summed E-state index contributed by atoms with van der Waals surface area (Å²) < 4.78 is 2.08. The first-order valence-electron chi connectivity index (χ1n) is 5.98. The molecule has 3 unspecified atom stereocenters. The summed E-state index contributed by atoms with van der Waals surface area (Å²) in [5, 5.41) is 13.8. The minimum Gasteiger partial charge on any atom is -0.386 e. The standard InChI is InChI=1S/C12H17Br2NOS/c1-2-7-3-4-15-9(5-7)11(16)10-6-8(13)12(14)17-10/h6-7,9,11,15-16H,2-5H2,1H3. The molecule has 0 spiro atoms. The van der Waals surface area contributed by atoms with Crippen molar-refractivity contribution in [1.82, 2.24) is 5.32 Å². The number of rotatable bonds is 3. The molecule has 1 fully saturated rings. The van der Waals surface area contributed by atoms with E-state index in [2.05, 4.69) is 44.1 Å². The zero-order valence-corrected chi connectivity index (χ0v) is 13.7. The molecule has 1 aromatic rings. The minimum atomic E-state index is -0.392. The zero-order chi connectivity index (χ0) is 12.4. The van der Waals surface area contributed by atoms with Crippen LogP contribution in [0.2, 0.25) is 0 Å². The predicted molar refractivity (Wildman–Crippen MR) is 79.5 cm³/mol. The lowest BCUT2D eigenvalue weighted by Gasteiger charge is -2.32. The smallest absolute Gasteiger partial charge is 0.103 e. The summed E-state index contributed by atoms with van der Waals surface area (Å²) >= 11 is 8.54. The Kier molecular flexibility index (Phi) is 5.06. The molecular formula is C12H17Br2NOS. The second-order valence-electron chi connectivity index (χ2n) is 4.57. The van der Waals surface area contributed by atoms with Gasteiger partial charge in [0.2, 0.25) is 0 Å². The first kappa shape index (κ1) is 14.0. The van der Waals surface area contributed by atoms with Gasteiger partial charge in [-0.05, 0) is 63.2 Å². The fourth-order valence-corrected chi connectivity index (χ4v) is 4.49. The Balaban J connectivity index is 2.06. The van der Waals surface area contributed by atoms with Gasteiger partial charge in [0.1, 0.15) is 6.10 Å². The Morgan fingerprint density at radius 2 is 2.35 bits per heavy atom. The van der Waals surface area contributed by atoms with E-state index in [0.29, 0.717) is 0 Å². The number of piperidine rings is 1. The highest BCUT2D eigenvalue weighted by Gasteiger charge is 2.28. The van der Waals surface area contributed by atoms with Crippen LogP contribution >= 0.6 is 43.2 Å². The van der Waals surface area contributed by atoms with E-state index in [1.807, 2.05) is 6.07 Å². The van der Waals surface area contributed by atoms with Crippen LogP contribution < -0.4 is 5.32 Å². The van der Waals surface area contributed by atoms with Gasteiger partial charge in [-0.2, -0.15) is 0 Å². The van der Waals surface area contributed by atoms with Gasteiger partial charge < -0.3 is 10.4 Å². The van der Waals surface area contributed by atoms with Crippen molar-refractivity contribution in [2.45, 2.75) is 38.3 Å². The van der Waals surface area contributed by atoms with Gasteiger partial charge in [0.15, 0.2) is 0 Å². The van der Waals surface area contributed by atoms with Crippen molar-refractivity contribution >= 4 is 43.2 Å². The maximum atomic E-state index is 10.4. The number of hydrogen-bond donors (Lipinski definition) is 2. The molecule has 2 rings (SSSR count). The maximum absolute atomic E-state index is 10.4. The van der Waals surface area contributed by atoms with Gasteiger partial charge in [-0.1, -0.05) is 13.3 Å². The van der Waals surface area contributed by atoms with Crippen molar-refractivity contribution in [3.05, 3.63) is 19.2 Å². The van der Waals surface area contributed by atoms with Crippen LogP contribution in [-0.4, -0.2) is 17.7 Å². The van der Waals surface area contributed by atoms with Crippen molar-refractivity contribution in [3.63, 3.8) is 0 Å². The van der Waals surface area contributed by atoms with Gasteiger partial charge in [-0.3, -0.25) is 0 Å². The zero-order valence-electron chi connectivity index (χ0n) is 9.75. The van der Waals surface area contributed by atoms with Crippen LogP contribution in [0.5, 0.6) is 0 Å². The van der Waals surface area contributed by atoms with E-state index in [4.69, 9.17) is 0 Å². The molecule has 0 aromatic carbocycles. The Morgan fingerprint density at radius 1 is 1.59 bits per heavy atom. The number of thiophene rings is 1. The number of aliphatic hydroxyl groups is 1. The lowest BCUT2D eigenvalue weighted by atomic mass is 9.88. The first-order valence-corrected chi connectivity index (χ1v) is 8.38. The van der Waals surface area contributed by atoms with Crippen molar-refractivity contribution in [2.75, 3.05) is 6.54 Å². The molecule has 2 N–H and O–H groups in total. The third kappa shape index (κ3) is 3.32. The molecule has 1 aromatic heterocycles. The van der Waals surface area contributed by atoms with E-state index < -0.39 is 6.10 Å². The average molecular weight is 383 g/mol. The first-order chi connectivity index (χ1) is 8.11. The highest BCUT2D eigenvalue weighted by molar-refractivity contribution is 9.13. The lowest BCUT2D eigenvalue weighted by Crippen LogP contribution is -2.41. The van der Waals surface area contributed by atoms with E-state index in [1.54, 1.807) is 11.3 Å². The predicted octanol–water partition coefficient (Wildman–Crippen LogP) is 4.08. The summed E-state index contributed by atoms with van der Waals surface area (Å²) in [6.07, 6.45) is 3.13. The topological polar surface area (TPSA) is 32.3 Å². The van der Waals surface area contributed by atoms with Crippen LogP contribution in [0.15, 0.2) is 14.3 Å². The van der Waals surface area contributed by atoms with Crippen molar-refractivity contribution in [1.29, 1.82) is 0 Å². The monoisotopic (exact) mass is 381 g/mol. The highest BCUT2D eigenvalue weighted by atomic mass is 79.9. The van der Waals surface area contributed by atoms with Crippen LogP contribution in [0.4, 0.5) is 0 Å². The second kappa shape index (κ2) is 6.15. The normalized spacial score (nSPS) is 27.1. The fraction of sp³-hybridized carbons (Fsp3) is 0.667. The molecule has 1 aliphatic rings. The van der Waals surface area contributed by atoms with Crippen LogP contribution in [0, 0.1) is 5.92 Å². The SMILES string of the molecule is CCC1CCNC(C(O)c2cc(Br)c(Br)s2)C1. The summed E-state index contributed by atoms with van der Waals surface area (Å²) in [5.74, 6) is 0.753. The number of aliphatic hydroxyl groups excluding tert-OH is 1. The summed E-state index contributed by atoms with van der Waals surface area (Å²) in [4.78, 5) is 1.03. The van der Waals surface area contributed by atoms with Crippen LogP contribution in [0.3, 0.4) is 0 Å². The van der Waals surface area contributed by atoms with Gasteiger partial charge in [0.25, 0.3) is 0 Å². The Labute approximate surface area is 123 Å². The van der Waals surface area contributed by atoms with Gasteiger partial charge in [0.05, 0.1) is 3.79 Å². The molecule has 0 amide bonds. The van der Waals surface area contributed by atoms with E-state index >= 15 is 0 Å². The minimum absolute atomic E-state index is 0.200. The number of nitrogens with one attached hydrogen (secondary N) is 1. The van der Waals surface area contributed by atoms with Crippen LogP contribution in [-0.2, 0) is 0 Å². The molecule has 1 saturated heterocycles. The summed E-state index contributed by atoms with van der Waals surface area (Å²) in [7, 11) is 0. The Hall–Kier alpha value is 0.580. The maximum Gasteiger partial charge on any atom is 0.103 e. The van der Waals surface area contributed by atoms with E-state index in [9.17, 15) is 5.11 Å². The second-order valence-corrected chi connectivity index (χ2v) is 7.83. The van der Waals surface area contributed by atoms with Crippen molar-refractivity contribution < 1.29 is 5.11 Å². The van der Waals surface area contributed by atoms with Gasteiger partial charge in [-0.15, -0.1) is 11.3 Å². The molecule has 0 bridgehead atoms. The molecule has 2 nitrogen and oxygen atoms in total. The summed E-state index contributed by atoms with van der Waals surface area (Å²) in [6.45, 7) is 3.26. The van der Waals surface area contributed by atoms with Gasteiger partial charge >= 0.3 is 0 Å². The lowest BCUT2D eigenvalue weighted by molar-refractivity contribution is 0.101. The summed E-state index contributed by atoms with van der Waals surface area (Å²) in [5.41, 5.74) is 0. The summed E-state index contributed by atoms with van der Waals surface area (Å²) in [6, 6.07) is 2.21. The van der Waals surface area contributed by atoms with Crippen molar-refractivity contribution in [3.8, 4) is 0 Å². The Bertz CT molecular complexity index is 363. The molecule has 0 saturated carbocycles. The molecular weight excluding hydrogens is 366 g/mol. The Morgan fingerprint density at radius 3 is 2.94 bits per heavy atom. The van der Waals surface area contributed by atoms with E-state index in [-0.39, 0.29) is 6.04 Å². The van der Waals surface area contributed by atoms with Crippen molar-refractivity contribution in [2.24, 2.45) is 5.92 Å². The molecule has 17 heavy (non-hydrogen) atoms.